The average molecular weight is 294 g/mol. The summed E-state index contributed by atoms with van der Waals surface area (Å²) in [5, 5.41) is 14.3. The highest BCUT2D eigenvalue weighted by Crippen LogP contribution is 2.18. The third kappa shape index (κ3) is 3.58. The Balaban J connectivity index is 2.10. The molecular formula is C13H12ClN3O3. The highest BCUT2D eigenvalue weighted by molar-refractivity contribution is 6.32. The minimum atomic E-state index is -0.939. The summed E-state index contributed by atoms with van der Waals surface area (Å²) in [7, 11) is 0. The van der Waals surface area contributed by atoms with E-state index in [-0.39, 0.29) is 24.8 Å². The lowest BCUT2D eigenvalue weighted by Gasteiger charge is -1.99. The van der Waals surface area contributed by atoms with Crippen molar-refractivity contribution in [1.82, 2.24) is 10.6 Å². The van der Waals surface area contributed by atoms with Crippen LogP contribution in [0.5, 0.6) is 0 Å². The van der Waals surface area contributed by atoms with Crippen molar-refractivity contribution in [2.24, 2.45) is 4.99 Å². The number of aliphatic carboxylic acids is 1. The van der Waals surface area contributed by atoms with Gasteiger partial charge < -0.3 is 10.4 Å². The van der Waals surface area contributed by atoms with Gasteiger partial charge in [-0.05, 0) is 17.7 Å². The van der Waals surface area contributed by atoms with Gasteiger partial charge in [0.2, 0.25) is 5.96 Å². The standard InChI is InChI=1S/C13H12ClN3O3/c14-9-4-2-1-3-8(9)7-10-12(20)17-13(16-10)15-6-5-11(18)19/h1-4,7H,5-6H2,(H,18,19)(H2,15,16,17,20)/b10-7-. The Bertz CT molecular complexity index is 611. The SMILES string of the molecule is O=C(O)CCN=C1NC(=O)/C(=C/c2ccccc2Cl)N1. The number of guanidine groups is 1. The zero-order valence-electron chi connectivity index (χ0n) is 10.4. The van der Waals surface area contributed by atoms with Crippen molar-refractivity contribution in [2.75, 3.05) is 6.54 Å². The largest absolute Gasteiger partial charge is 0.481 e. The summed E-state index contributed by atoms with van der Waals surface area (Å²) < 4.78 is 0. The summed E-state index contributed by atoms with van der Waals surface area (Å²) in [6.07, 6.45) is 1.52. The van der Waals surface area contributed by atoms with E-state index in [2.05, 4.69) is 15.6 Å². The molecule has 1 aromatic rings. The molecule has 0 spiro atoms. The molecule has 1 saturated heterocycles. The fraction of sp³-hybridized carbons (Fsp3) is 0.154. The molecule has 0 atom stereocenters. The minimum Gasteiger partial charge on any atom is -0.481 e. The van der Waals surface area contributed by atoms with Crippen molar-refractivity contribution in [2.45, 2.75) is 6.42 Å². The van der Waals surface area contributed by atoms with Crippen molar-refractivity contribution >= 4 is 35.5 Å². The molecule has 1 heterocycles. The predicted molar refractivity (Wildman–Crippen MR) is 75.3 cm³/mol. The summed E-state index contributed by atoms with van der Waals surface area (Å²) in [4.78, 5) is 26.0. The first-order chi connectivity index (χ1) is 9.56. The molecule has 0 saturated carbocycles. The Morgan fingerprint density at radius 1 is 1.35 bits per heavy atom. The van der Waals surface area contributed by atoms with Gasteiger partial charge in [-0.3, -0.25) is 19.9 Å². The second kappa shape index (κ2) is 6.21. The summed E-state index contributed by atoms with van der Waals surface area (Å²) in [6, 6.07) is 7.12. The summed E-state index contributed by atoms with van der Waals surface area (Å²) in [5.41, 5.74) is 1.02. The number of nitrogens with zero attached hydrogens (tertiary/aromatic N) is 1. The number of nitrogens with one attached hydrogen (secondary N) is 2. The molecule has 0 aromatic heterocycles. The molecule has 1 aromatic carbocycles. The first kappa shape index (κ1) is 14.1. The van der Waals surface area contributed by atoms with Gasteiger partial charge in [0, 0.05) is 5.02 Å². The zero-order valence-corrected chi connectivity index (χ0v) is 11.1. The number of carboxylic acids is 1. The number of halogens is 1. The molecule has 7 heteroatoms. The van der Waals surface area contributed by atoms with Crippen LogP contribution in [-0.2, 0) is 9.59 Å². The maximum absolute atomic E-state index is 11.7. The maximum Gasteiger partial charge on any atom is 0.305 e. The second-order valence-corrected chi connectivity index (χ2v) is 4.44. The van der Waals surface area contributed by atoms with Gasteiger partial charge in [-0.1, -0.05) is 29.8 Å². The van der Waals surface area contributed by atoms with Gasteiger partial charge in [0.1, 0.15) is 5.70 Å². The molecule has 104 valence electrons. The van der Waals surface area contributed by atoms with Gasteiger partial charge in [-0.25, -0.2) is 0 Å². The monoisotopic (exact) mass is 293 g/mol. The first-order valence-corrected chi connectivity index (χ1v) is 6.25. The highest BCUT2D eigenvalue weighted by atomic mass is 35.5. The molecule has 1 fully saturated rings. The Labute approximate surface area is 120 Å². The third-order valence-corrected chi connectivity index (χ3v) is 2.87. The van der Waals surface area contributed by atoms with E-state index in [1.165, 1.54) is 0 Å². The zero-order chi connectivity index (χ0) is 14.5. The molecule has 0 unspecified atom stereocenters. The lowest BCUT2D eigenvalue weighted by atomic mass is 10.2. The smallest absolute Gasteiger partial charge is 0.305 e. The lowest BCUT2D eigenvalue weighted by molar-refractivity contribution is -0.136. The fourth-order valence-corrected chi connectivity index (χ4v) is 1.77. The average Bonchev–Trinajstić information content (AvgIpc) is 2.72. The Morgan fingerprint density at radius 2 is 2.10 bits per heavy atom. The van der Waals surface area contributed by atoms with E-state index in [1.54, 1.807) is 24.3 Å². The summed E-state index contributed by atoms with van der Waals surface area (Å²) >= 11 is 6.01. The molecule has 3 N–H and O–H groups in total. The molecule has 1 amide bonds. The molecule has 0 radical (unpaired) electrons. The van der Waals surface area contributed by atoms with Crippen LogP contribution in [0.25, 0.3) is 6.08 Å². The summed E-state index contributed by atoms with van der Waals surface area (Å²) in [6.45, 7) is 0.0946. The van der Waals surface area contributed by atoms with Gasteiger partial charge >= 0.3 is 5.97 Å². The van der Waals surface area contributed by atoms with Crippen LogP contribution in [0.3, 0.4) is 0 Å². The Hall–Kier alpha value is -2.34. The van der Waals surface area contributed by atoms with Crippen LogP contribution < -0.4 is 10.6 Å². The van der Waals surface area contributed by atoms with Crippen molar-refractivity contribution in [3.8, 4) is 0 Å². The molecule has 0 bridgehead atoms. The molecule has 6 nitrogen and oxygen atoms in total. The molecule has 1 aliphatic rings. The number of carbonyl (C=O) groups excluding carboxylic acids is 1. The topological polar surface area (TPSA) is 90.8 Å². The van der Waals surface area contributed by atoms with E-state index in [4.69, 9.17) is 16.7 Å². The van der Waals surface area contributed by atoms with Gasteiger partial charge in [-0.2, -0.15) is 0 Å². The van der Waals surface area contributed by atoms with Crippen LogP contribution in [0, 0.1) is 0 Å². The van der Waals surface area contributed by atoms with Crippen LogP contribution in [0.1, 0.15) is 12.0 Å². The van der Waals surface area contributed by atoms with Crippen molar-refractivity contribution in [1.29, 1.82) is 0 Å². The molecule has 2 rings (SSSR count). The number of hydrogen-bond donors (Lipinski definition) is 3. The minimum absolute atomic E-state index is 0.0926. The van der Waals surface area contributed by atoms with Crippen LogP contribution in [0.4, 0.5) is 0 Å². The predicted octanol–water partition coefficient (Wildman–Crippen LogP) is 1.23. The number of hydrogen-bond acceptors (Lipinski definition) is 3. The number of carbonyl (C=O) groups is 2. The second-order valence-electron chi connectivity index (χ2n) is 4.03. The normalized spacial score (nSPS) is 18.1. The van der Waals surface area contributed by atoms with Crippen molar-refractivity contribution in [3.63, 3.8) is 0 Å². The van der Waals surface area contributed by atoms with E-state index in [0.29, 0.717) is 16.3 Å². The van der Waals surface area contributed by atoms with Gasteiger partial charge in [0.05, 0.1) is 13.0 Å². The van der Waals surface area contributed by atoms with Crippen LogP contribution in [0.2, 0.25) is 5.02 Å². The van der Waals surface area contributed by atoms with Gasteiger partial charge in [0.25, 0.3) is 5.91 Å². The van der Waals surface area contributed by atoms with Crippen LogP contribution >= 0.6 is 11.6 Å². The number of rotatable bonds is 4. The maximum atomic E-state index is 11.7. The lowest BCUT2D eigenvalue weighted by Crippen LogP contribution is -2.25. The molecular weight excluding hydrogens is 282 g/mol. The van der Waals surface area contributed by atoms with E-state index in [1.807, 2.05) is 6.07 Å². The van der Waals surface area contributed by atoms with Gasteiger partial charge in [-0.15, -0.1) is 0 Å². The van der Waals surface area contributed by atoms with E-state index < -0.39 is 5.97 Å². The molecule has 1 aliphatic heterocycles. The van der Waals surface area contributed by atoms with Crippen molar-refractivity contribution in [3.05, 3.63) is 40.5 Å². The van der Waals surface area contributed by atoms with Crippen LogP contribution in [-0.4, -0.2) is 29.5 Å². The number of carboxylic acid groups (broad SMARTS) is 1. The Morgan fingerprint density at radius 3 is 2.80 bits per heavy atom. The van der Waals surface area contributed by atoms with E-state index >= 15 is 0 Å². The van der Waals surface area contributed by atoms with Crippen molar-refractivity contribution < 1.29 is 14.7 Å². The number of aliphatic imine (C=N–C) groups is 1. The molecule has 20 heavy (non-hydrogen) atoms. The highest BCUT2D eigenvalue weighted by Gasteiger charge is 2.21. The fourth-order valence-electron chi connectivity index (χ4n) is 1.58. The summed E-state index contributed by atoms with van der Waals surface area (Å²) in [5.74, 6) is -1.03. The van der Waals surface area contributed by atoms with Gasteiger partial charge in [0.15, 0.2) is 0 Å². The van der Waals surface area contributed by atoms with E-state index in [0.717, 1.165) is 0 Å². The number of benzene rings is 1. The number of amides is 1. The Kier molecular flexibility index (Phi) is 4.37. The van der Waals surface area contributed by atoms with E-state index in [9.17, 15) is 9.59 Å². The quantitative estimate of drug-likeness (QED) is 0.728. The first-order valence-electron chi connectivity index (χ1n) is 5.87. The van der Waals surface area contributed by atoms with Crippen LogP contribution in [0.15, 0.2) is 35.0 Å². The third-order valence-electron chi connectivity index (χ3n) is 2.53. The molecule has 0 aliphatic carbocycles.